The van der Waals surface area contributed by atoms with Crippen LogP contribution >= 0.6 is 0 Å². The maximum absolute atomic E-state index is 6.27. The highest BCUT2D eigenvalue weighted by Gasteiger charge is 2.21. The Morgan fingerprint density at radius 3 is 1.68 bits per heavy atom. The van der Waals surface area contributed by atoms with Crippen LogP contribution in [-0.4, -0.2) is 0 Å². The zero-order chi connectivity index (χ0) is 26.9. The van der Waals surface area contributed by atoms with E-state index in [1.807, 2.05) is 12.1 Å². The highest BCUT2D eigenvalue weighted by molar-refractivity contribution is 6.16. The largest absolute Gasteiger partial charge is 0.455 e. The fourth-order valence-corrected chi connectivity index (χ4v) is 6.66. The first-order chi connectivity index (χ1) is 20.3. The topological polar surface area (TPSA) is 13.1 Å². The van der Waals surface area contributed by atoms with Crippen molar-refractivity contribution >= 4 is 32.7 Å². The van der Waals surface area contributed by atoms with Crippen LogP contribution in [0.2, 0.25) is 0 Å². The molecule has 1 heterocycles. The van der Waals surface area contributed by atoms with Gasteiger partial charge in [-0.2, -0.15) is 0 Å². The summed E-state index contributed by atoms with van der Waals surface area (Å²) >= 11 is 0. The number of benzene rings is 7. The third kappa shape index (κ3) is 3.36. The van der Waals surface area contributed by atoms with E-state index in [4.69, 9.17) is 4.42 Å². The molecule has 0 spiro atoms. The molecule has 0 atom stereocenters. The smallest absolute Gasteiger partial charge is 0.143 e. The second-order valence-corrected chi connectivity index (χ2v) is 10.9. The Balaban J connectivity index is 1.06. The number of hydrogen-bond acceptors (Lipinski definition) is 1. The lowest BCUT2D eigenvalue weighted by atomic mass is 9.94. The zero-order valence-corrected chi connectivity index (χ0v) is 22.3. The van der Waals surface area contributed by atoms with Crippen molar-refractivity contribution in [3.63, 3.8) is 0 Å². The molecule has 8 aromatic rings. The summed E-state index contributed by atoms with van der Waals surface area (Å²) in [5, 5.41) is 4.98. The van der Waals surface area contributed by atoms with Gasteiger partial charge in [0.1, 0.15) is 11.2 Å². The summed E-state index contributed by atoms with van der Waals surface area (Å²) in [4.78, 5) is 0. The van der Waals surface area contributed by atoms with Crippen LogP contribution in [0.25, 0.3) is 88.3 Å². The average molecular weight is 521 g/mol. The van der Waals surface area contributed by atoms with Crippen molar-refractivity contribution in [1.29, 1.82) is 0 Å². The van der Waals surface area contributed by atoms with Crippen molar-refractivity contribution in [2.75, 3.05) is 0 Å². The van der Waals surface area contributed by atoms with Gasteiger partial charge in [0.15, 0.2) is 0 Å². The molecule has 1 aliphatic carbocycles. The van der Waals surface area contributed by atoms with Crippen LogP contribution in [-0.2, 0) is 0 Å². The van der Waals surface area contributed by atoms with E-state index in [0.717, 1.165) is 33.1 Å². The first kappa shape index (κ1) is 22.4. The predicted octanol–water partition coefficient (Wildman–Crippen LogP) is 11.4. The van der Waals surface area contributed by atoms with Crippen LogP contribution in [0.5, 0.6) is 0 Å². The van der Waals surface area contributed by atoms with Gasteiger partial charge in [0, 0.05) is 16.3 Å². The van der Waals surface area contributed by atoms with Gasteiger partial charge in [-0.15, -0.1) is 0 Å². The van der Waals surface area contributed by atoms with Crippen LogP contribution in [0.1, 0.15) is 0 Å². The zero-order valence-electron chi connectivity index (χ0n) is 22.3. The summed E-state index contributed by atoms with van der Waals surface area (Å²) in [7, 11) is 0. The first-order valence-electron chi connectivity index (χ1n) is 14.1. The average Bonchev–Trinajstić information content (AvgIpc) is 3.58. The van der Waals surface area contributed by atoms with Gasteiger partial charge in [0.05, 0.1) is 0 Å². The van der Waals surface area contributed by atoms with E-state index in [1.165, 1.54) is 55.3 Å². The summed E-state index contributed by atoms with van der Waals surface area (Å²) in [5.41, 5.74) is 14.4. The number of furan rings is 1. The van der Waals surface area contributed by atoms with Crippen LogP contribution in [0.15, 0.2) is 150 Å². The Labute approximate surface area is 237 Å². The van der Waals surface area contributed by atoms with E-state index < -0.39 is 0 Å². The second kappa shape index (κ2) is 8.55. The van der Waals surface area contributed by atoms with Crippen molar-refractivity contribution in [3.05, 3.63) is 146 Å². The minimum atomic E-state index is 0.927. The predicted molar refractivity (Wildman–Crippen MR) is 172 cm³/mol. The number of rotatable bonds is 3. The van der Waals surface area contributed by atoms with E-state index in [1.54, 1.807) is 0 Å². The SMILES string of the molecule is c1ccc2c(c1)-c1cccc3cc(-c4ccc(-c5ccc(-c6cccc7c6oc6ccccc67)cc5)cc4)cc-2c13. The molecule has 41 heavy (non-hydrogen) atoms. The lowest BCUT2D eigenvalue weighted by Gasteiger charge is -2.10. The molecule has 0 fully saturated rings. The van der Waals surface area contributed by atoms with Crippen LogP contribution in [0.3, 0.4) is 0 Å². The molecule has 0 bridgehead atoms. The third-order valence-electron chi connectivity index (χ3n) is 8.64. The monoisotopic (exact) mass is 520 g/mol. The summed E-state index contributed by atoms with van der Waals surface area (Å²) in [6, 6.07) is 52.5. The number of fused-ring (bicyclic) bond motifs is 6. The van der Waals surface area contributed by atoms with Gasteiger partial charge < -0.3 is 4.42 Å². The van der Waals surface area contributed by atoms with Gasteiger partial charge in [-0.1, -0.05) is 127 Å². The number of hydrogen-bond donors (Lipinski definition) is 0. The summed E-state index contributed by atoms with van der Waals surface area (Å²) in [5.74, 6) is 0. The highest BCUT2D eigenvalue weighted by atomic mass is 16.3. The molecular formula is C40H24O. The Morgan fingerprint density at radius 2 is 0.902 bits per heavy atom. The van der Waals surface area contributed by atoms with E-state index in [2.05, 4.69) is 133 Å². The summed E-state index contributed by atoms with van der Waals surface area (Å²) in [6.45, 7) is 0. The Bertz CT molecular complexity index is 2280. The summed E-state index contributed by atoms with van der Waals surface area (Å²) in [6.07, 6.45) is 0. The Kier molecular flexibility index (Phi) is 4.67. The fraction of sp³-hybridized carbons (Fsp3) is 0. The van der Waals surface area contributed by atoms with Crippen molar-refractivity contribution in [2.45, 2.75) is 0 Å². The lowest BCUT2D eigenvalue weighted by molar-refractivity contribution is 0.670. The van der Waals surface area contributed by atoms with Crippen LogP contribution < -0.4 is 0 Å². The minimum absolute atomic E-state index is 0.927. The standard InChI is InChI=1S/C40H24O/c1-2-9-33-32(8-1)35-12-5-7-29-23-30(24-37(33)39(29)35)27-17-15-25(16-18-27)26-19-21-28(22-20-26)31-11-6-13-36-34-10-3-4-14-38(34)41-40(31)36/h1-24H. The molecule has 0 N–H and O–H groups in total. The van der Waals surface area contributed by atoms with E-state index in [9.17, 15) is 0 Å². The molecule has 0 saturated carbocycles. The molecule has 1 heteroatoms. The van der Waals surface area contributed by atoms with Gasteiger partial charge in [0.25, 0.3) is 0 Å². The van der Waals surface area contributed by atoms with Crippen molar-refractivity contribution in [3.8, 4) is 55.6 Å². The van der Waals surface area contributed by atoms with Gasteiger partial charge in [-0.25, -0.2) is 0 Å². The molecule has 1 aliphatic rings. The fourth-order valence-electron chi connectivity index (χ4n) is 6.66. The molecular weight excluding hydrogens is 496 g/mol. The molecule has 0 amide bonds. The molecule has 0 radical (unpaired) electrons. The van der Waals surface area contributed by atoms with Crippen molar-refractivity contribution in [2.24, 2.45) is 0 Å². The van der Waals surface area contributed by atoms with Crippen LogP contribution in [0, 0.1) is 0 Å². The second-order valence-electron chi connectivity index (χ2n) is 10.9. The highest BCUT2D eigenvalue weighted by Crippen LogP contribution is 2.48. The molecule has 1 nitrogen and oxygen atoms in total. The maximum Gasteiger partial charge on any atom is 0.143 e. The molecule has 190 valence electrons. The molecule has 0 aliphatic heterocycles. The Morgan fingerprint density at radius 1 is 0.341 bits per heavy atom. The quantitative estimate of drug-likeness (QED) is 0.226. The normalized spacial score (nSPS) is 11.9. The van der Waals surface area contributed by atoms with Gasteiger partial charge in [-0.3, -0.25) is 0 Å². The first-order valence-corrected chi connectivity index (χ1v) is 14.1. The van der Waals surface area contributed by atoms with Gasteiger partial charge >= 0.3 is 0 Å². The maximum atomic E-state index is 6.27. The van der Waals surface area contributed by atoms with Gasteiger partial charge in [0.2, 0.25) is 0 Å². The van der Waals surface area contributed by atoms with E-state index >= 15 is 0 Å². The van der Waals surface area contributed by atoms with Crippen LogP contribution in [0.4, 0.5) is 0 Å². The third-order valence-corrected chi connectivity index (χ3v) is 8.64. The molecule has 1 aromatic heterocycles. The molecule has 7 aromatic carbocycles. The summed E-state index contributed by atoms with van der Waals surface area (Å²) < 4.78 is 6.27. The minimum Gasteiger partial charge on any atom is -0.455 e. The van der Waals surface area contributed by atoms with Crippen molar-refractivity contribution < 1.29 is 4.42 Å². The molecule has 0 unspecified atom stereocenters. The number of para-hydroxylation sites is 2. The van der Waals surface area contributed by atoms with Gasteiger partial charge in [-0.05, 0) is 79.0 Å². The molecule has 0 saturated heterocycles. The molecule has 9 rings (SSSR count). The van der Waals surface area contributed by atoms with E-state index in [0.29, 0.717) is 0 Å². The lowest BCUT2D eigenvalue weighted by Crippen LogP contribution is -1.84. The Hall–Kier alpha value is -5.40. The van der Waals surface area contributed by atoms with E-state index in [-0.39, 0.29) is 0 Å². The van der Waals surface area contributed by atoms with Crippen molar-refractivity contribution in [1.82, 2.24) is 0 Å².